The molecule has 7 nitrogen and oxygen atoms in total. The highest BCUT2D eigenvalue weighted by molar-refractivity contribution is 6.03. The Morgan fingerprint density at radius 1 is 0.975 bits per heavy atom. The van der Waals surface area contributed by atoms with E-state index in [1.165, 1.54) is 12.0 Å². The molecule has 206 valence electrons. The Balaban J connectivity index is 1.27. The lowest BCUT2D eigenvalue weighted by atomic mass is 9.95. The summed E-state index contributed by atoms with van der Waals surface area (Å²) < 4.78 is 6.22. The van der Waals surface area contributed by atoms with Crippen LogP contribution in [0.1, 0.15) is 57.9 Å². The largest absolute Gasteiger partial charge is 0.461 e. The minimum atomic E-state index is -0.861. The molecule has 2 aliphatic heterocycles. The molecule has 40 heavy (non-hydrogen) atoms. The number of carbonyl (C=O) groups is 1. The van der Waals surface area contributed by atoms with E-state index in [9.17, 15) is 4.79 Å². The van der Waals surface area contributed by atoms with Crippen molar-refractivity contribution in [1.82, 2.24) is 14.8 Å². The number of ether oxygens (including phenoxy) is 1. The van der Waals surface area contributed by atoms with Crippen LogP contribution in [0.4, 0.5) is 0 Å². The smallest absolute Gasteiger partial charge is 0.251 e. The van der Waals surface area contributed by atoms with Crippen LogP contribution in [-0.2, 0) is 6.42 Å². The van der Waals surface area contributed by atoms with Crippen molar-refractivity contribution >= 4 is 11.5 Å². The quantitative estimate of drug-likeness (QED) is 0.251. The summed E-state index contributed by atoms with van der Waals surface area (Å²) in [5.74, 6) is 0.548. The minimum absolute atomic E-state index is 0.0727. The van der Waals surface area contributed by atoms with Gasteiger partial charge in [-0.3, -0.25) is 4.79 Å². The average Bonchev–Trinajstić information content (AvgIpc) is 3.44. The van der Waals surface area contributed by atoms with E-state index in [-0.39, 0.29) is 11.8 Å². The number of Topliss-reactive ketones (excluding diaryl/α,β-unsaturated/α-hetero) is 1. The molecule has 5 rings (SSSR count). The van der Waals surface area contributed by atoms with Gasteiger partial charge in [-0.25, -0.2) is 5.01 Å². The van der Waals surface area contributed by atoms with Crippen LogP contribution < -0.4 is 4.74 Å². The molecule has 0 fully saturated rings. The molecule has 0 spiro atoms. The molecular weight excluding hydrogens is 498 g/mol. The van der Waals surface area contributed by atoms with E-state index < -0.39 is 6.23 Å². The van der Waals surface area contributed by atoms with Crippen molar-refractivity contribution in [1.29, 1.82) is 5.26 Å². The Kier molecular flexibility index (Phi) is 8.59. The SMILES string of the molecule is CN(C)CCN(C)CCCCc1ccc(C2=NN3C(C(=O)c4ccc(C#N)cc4)Oc4ccccc4C3C2)cc1. The third kappa shape index (κ3) is 6.25. The van der Waals surface area contributed by atoms with Crippen molar-refractivity contribution in [2.24, 2.45) is 5.10 Å². The first-order chi connectivity index (χ1) is 19.4. The van der Waals surface area contributed by atoms with E-state index in [2.05, 4.69) is 67.3 Å². The highest BCUT2D eigenvalue weighted by Crippen LogP contribution is 2.43. The van der Waals surface area contributed by atoms with Gasteiger partial charge in [-0.2, -0.15) is 10.4 Å². The van der Waals surface area contributed by atoms with Crippen molar-refractivity contribution in [3.63, 3.8) is 0 Å². The number of hydrogen-bond donors (Lipinski definition) is 0. The van der Waals surface area contributed by atoms with Crippen LogP contribution in [0.5, 0.6) is 5.75 Å². The summed E-state index contributed by atoms with van der Waals surface area (Å²) in [5, 5.41) is 15.9. The van der Waals surface area contributed by atoms with Gasteiger partial charge < -0.3 is 14.5 Å². The Morgan fingerprint density at radius 3 is 2.45 bits per heavy atom. The summed E-state index contributed by atoms with van der Waals surface area (Å²) in [5.41, 5.74) is 5.41. The number of rotatable bonds is 11. The van der Waals surface area contributed by atoms with Crippen LogP contribution in [0, 0.1) is 11.3 Å². The third-order valence-electron chi connectivity index (χ3n) is 7.69. The van der Waals surface area contributed by atoms with Crippen molar-refractivity contribution in [3.05, 3.63) is 101 Å². The van der Waals surface area contributed by atoms with E-state index in [1.807, 2.05) is 23.2 Å². The van der Waals surface area contributed by atoms with Gasteiger partial charge in [0.15, 0.2) is 0 Å². The molecule has 0 saturated heterocycles. The standard InChI is InChI=1S/C33H37N5O2/c1-36(2)20-21-37(3)19-7-6-8-24-11-15-26(16-12-24)29-22-30-28-9-4-5-10-31(28)40-33(38(30)35-29)32(39)27-17-13-25(23-34)14-18-27/h4-5,9-18,30,33H,6-8,19-22H2,1-3H3. The van der Waals surface area contributed by atoms with Crippen molar-refractivity contribution in [2.45, 2.75) is 38.0 Å². The molecule has 0 aliphatic carbocycles. The van der Waals surface area contributed by atoms with Crippen LogP contribution in [0.15, 0.2) is 77.9 Å². The Morgan fingerprint density at radius 2 is 1.73 bits per heavy atom. The number of carbonyl (C=O) groups excluding carboxylic acids is 1. The molecular formula is C33H37N5O2. The summed E-state index contributed by atoms with van der Waals surface area (Å²) in [6, 6.07) is 25.3. The highest BCUT2D eigenvalue weighted by Gasteiger charge is 2.43. The van der Waals surface area contributed by atoms with Gasteiger partial charge in [0, 0.05) is 30.6 Å². The van der Waals surface area contributed by atoms with Gasteiger partial charge >= 0.3 is 0 Å². The fourth-order valence-corrected chi connectivity index (χ4v) is 5.29. The summed E-state index contributed by atoms with van der Waals surface area (Å²) in [4.78, 5) is 18.2. The van der Waals surface area contributed by atoms with Gasteiger partial charge in [0.25, 0.3) is 6.23 Å². The Bertz CT molecular complexity index is 1390. The molecule has 0 N–H and O–H groups in total. The first-order valence-corrected chi connectivity index (χ1v) is 14.0. The second-order valence-corrected chi connectivity index (χ2v) is 11.0. The lowest BCUT2D eigenvalue weighted by molar-refractivity contribution is -0.00455. The molecule has 2 atom stereocenters. The summed E-state index contributed by atoms with van der Waals surface area (Å²) in [6.45, 7) is 3.30. The van der Waals surface area contributed by atoms with E-state index in [0.717, 1.165) is 55.1 Å². The van der Waals surface area contributed by atoms with Gasteiger partial charge in [-0.05, 0) is 88.4 Å². The molecule has 3 aromatic carbocycles. The van der Waals surface area contributed by atoms with Gasteiger partial charge in [0.05, 0.1) is 23.4 Å². The number of likely N-dealkylation sites (N-methyl/N-ethyl adjacent to an activating group) is 2. The zero-order valence-electron chi connectivity index (χ0n) is 23.6. The monoisotopic (exact) mass is 535 g/mol. The third-order valence-corrected chi connectivity index (χ3v) is 7.69. The number of aryl methyl sites for hydroxylation is 1. The molecule has 0 aromatic heterocycles. The van der Waals surface area contributed by atoms with Gasteiger partial charge in [-0.1, -0.05) is 42.5 Å². The van der Waals surface area contributed by atoms with Crippen LogP contribution >= 0.6 is 0 Å². The lowest BCUT2D eigenvalue weighted by Gasteiger charge is -2.37. The summed E-state index contributed by atoms with van der Waals surface area (Å²) in [7, 11) is 6.42. The fourth-order valence-electron chi connectivity index (χ4n) is 5.29. The van der Waals surface area contributed by atoms with Gasteiger partial charge in [0.2, 0.25) is 5.78 Å². The molecule has 0 saturated carbocycles. The number of para-hydroxylation sites is 1. The maximum Gasteiger partial charge on any atom is 0.251 e. The molecule has 7 heteroatoms. The predicted molar refractivity (Wildman–Crippen MR) is 158 cm³/mol. The maximum absolute atomic E-state index is 13.5. The predicted octanol–water partition coefficient (Wildman–Crippen LogP) is 5.13. The van der Waals surface area contributed by atoms with Crippen molar-refractivity contribution in [2.75, 3.05) is 40.8 Å². The van der Waals surface area contributed by atoms with Gasteiger partial charge in [0.1, 0.15) is 5.75 Å². The minimum Gasteiger partial charge on any atom is -0.461 e. The van der Waals surface area contributed by atoms with E-state index in [4.69, 9.17) is 15.1 Å². The van der Waals surface area contributed by atoms with Crippen LogP contribution in [0.3, 0.4) is 0 Å². The topological polar surface area (TPSA) is 72.2 Å². The molecule has 2 unspecified atom stereocenters. The van der Waals surface area contributed by atoms with E-state index in [1.54, 1.807) is 24.3 Å². The molecule has 3 aromatic rings. The molecule has 0 radical (unpaired) electrons. The van der Waals surface area contributed by atoms with E-state index >= 15 is 0 Å². The first kappa shape index (κ1) is 27.6. The van der Waals surface area contributed by atoms with Crippen LogP contribution in [0.2, 0.25) is 0 Å². The second kappa shape index (κ2) is 12.5. The van der Waals surface area contributed by atoms with Gasteiger partial charge in [-0.15, -0.1) is 0 Å². The number of hydrogen-bond acceptors (Lipinski definition) is 7. The number of nitriles is 1. The number of nitrogens with zero attached hydrogens (tertiary/aromatic N) is 5. The highest BCUT2D eigenvalue weighted by atomic mass is 16.5. The number of fused-ring (bicyclic) bond motifs is 3. The second-order valence-electron chi connectivity index (χ2n) is 11.0. The molecule has 2 heterocycles. The van der Waals surface area contributed by atoms with Crippen molar-refractivity contribution in [3.8, 4) is 11.8 Å². The Hall–Kier alpha value is -3.99. The molecule has 0 amide bonds. The zero-order chi connectivity index (χ0) is 28.1. The number of hydrazone groups is 1. The molecule has 0 bridgehead atoms. The van der Waals surface area contributed by atoms with Crippen LogP contribution in [-0.4, -0.2) is 73.3 Å². The summed E-state index contributed by atoms with van der Waals surface area (Å²) >= 11 is 0. The average molecular weight is 536 g/mol. The summed E-state index contributed by atoms with van der Waals surface area (Å²) in [6.07, 6.45) is 3.25. The zero-order valence-corrected chi connectivity index (χ0v) is 23.6. The maximum atomic E-state index is 13.5. The normalized spacial score (nSPS) is 17.7. The fraction of sp³-hybridized carbons (Fsp3) is 0.364. The van der Waals surface area contributed by atoms with Crippen molar-refractivity contribution < 1.29 is 9.53 Å². The van der Waals surface area contributed by atoms with E-state index in [0.29, 0.717) is 17.5 Å². The van der Waals surface area contributed by atoms with Crippen LogP contribution in [0.25, 0.3) is 0 Å². The number of unbranched alkanes of at least 4 members (excludes halogenated alkanes) is 1. The number of ketones is 1. The number of benzene rings is 3. The Labute approximate surface area is 237 Å². The lowest BCUT2D eigenvalue weighted by Crippen LogP contribution is -2.45. The molecule has 2 aliphatic rings. The first-order valence-electron chi connectivity index (χ1n) is 14.0.